The Morgan fingerprint density at radius 3 is 2.81 bits per heavy atom. The second-order valence-corrected chi connectivity index (χ2v) is 3.47. The molecule has 1 aromatic carbocycles. The minimum absolute atomic E-state index is 0.198. The molecule has 0 aliphatic rings. The summed E-state index contributed by atoms with van der Waals surface area (Å²) in [5.41, 5.74) is 5.23. The number of hydrogen-bond acceptors (Lipinski definition) is 3. The van der Waals surface area contributed by atoms with Crippen molar-refractivity contribution in [2.75, 3.05) is 17.6 Å². The Hall–Kier alpha value is -1.78. The quantitative estimate of drug-likeness (QED) is 0.532. The molecule has 0 aromatic heterocycles. The van der Waals surface area contributed by atoms with E-state index in [1.165, 1.54) is 6.07 Å². The summed E-state index contributed by atoms with van der Waals surface area (Å²) in [5, 5.41) is 11.9. The van der Waals surface area contributed by atoms with E-state index in [0.29, 0.717) is 12.2 Å². The van der Waals surface area contributed by atoms with Gasteiger partial charge in [0.25, 0.3) is 0 Å². The Kier molecular flexibility index (Phi) is 4.10. The highest BCUT2D eigenvalue weighted by Crippen LogP contribution is 2.25. The van der Waals surface area contributed by atoms with Crippen molar-refractivity contribution in [1.82, 2.24) is 0 Å². The summed E-state index contributed by atoms with van der Waals surface area (Å²) in [6.45, 7) is 2.67. The average molecular weight is 226 g/mol. The van der Waals surface area contributed by atoms with E-state index in [0.717, 1.165) is 18.9 Å². The number of rotatable bonds is 5. The average Bonchev–Trinajstić information content (AvgIpc) is 2.23. The van der Waals surface area contributed by atoms with Crippen molar-refractivity contribution in [2.24, 2.45) is 0 Å². The first-order valence-corrected chi connectivity index (χ1v) is 5.13. The molecule has 16 heavy (non-hydrogen) atoms. The summed E-state index contributed by atoms with van der Waals surface area (Å²) < 4.78 is 13.1. The molecule has 5 heteroatoms. The van der Waals surface area contributed by atoms with Crippen LogP contribution < -0.4 is 11.1 Å². The van der Waals surface area contributed by atoms with E-state index in [9.17, 15) is 9.18 Å². The van der Waals surface area contributed by atoms with E-state index in [1.807, 2.05) is 6.92 Å². The van der Waals surface area contributed by atoms with Gasteiger partial charge in [0.05, 0.1) is 11.4 Å². The second-order valence-electron chi connectivity index (χ2n) is 3.47. The summed E-state index contributed by atoms with van der Waals surface area (Å²) >= 11 is 0. The standard InChI is InChI=1S/C11H15FN2O2/c1-2-3-6-14-8-5-4-7(12)10(13)9(8)11(15)16/h4-5,14H,2-3,6,13H2,1H3,(H,15,16). The van der Waals surface area contributed by atoms with Crippen LogP contribution >= 0.6 is 0 Å². The van der Waals surface area contributed by atoms with Crippen molar-refractivity contribution in [1.29, 1.82) is 0 Å². The van der Waals surface area contributed by atoms with Crippen molar-refractivity contribution in [3.63, 3.8) is 0 Å². The number of carboxylic acid groups (broad SMARTS) is 1. The van der Waals surface area contributed by atoms with Gasteiger partial charge in [-0.15, -0.1) is 0 Å². The largest absolute Gasteiger partial charge is 0.478 e. The summed E-state index contributed by atoms with van der Waals surface area (Å²) in [4.78, 5) is 10.9. The third kappa shape index (κ3) is 2.62. The van der Waals surface area contributed by atoms with Crippen LogP contribution in [0.1, 0.15) is 30.1 Å². The van der Waals surface area contributed by atoms with Gasteiger partial charge in [0, 0.05) is 6.54 Å². The number of nitrogens with one attached hydrogen (secondary N) is 1. The number of halogens is 1. The van der Waals surface area contributed by atoms with Crippen molar-refractivity contribution in [3.8, 4) is 0 Å². The number of nitrogens with two attached hydrogens (primary N) is 1. The highest BCUT2D eigenvalue weighted by atomic mass is 19.1. The van der Waals surface area contributed by atoms with Gasteiger partial charge in [-0.2, -0.15) is 0 Å². The molecule has 0 radical (unpaired) electrons. The van der Waals surface area contributed by atoms with Gasteiger partial charge < -0.3 is 16.2 Å². The van der Waals surface area contributed by atoms with Crippen LogP contribution in [0.3, 0.4) is 0 Å². The predicted octanol–water partition coefficient (Wildman–Crippen LogP) is 2.32. The Labute approximate surface area is 93.3 Å². The van der Waals surface area contributed by atoms with Gasteiger partial charge >= 0.3 is 5.97 Å². The van der Waals surface area contributed by atoms with E-state index in [-0.39, 0.29) is 11.3 Å². The van der Waals surface area contributed by atoms with E-state index < -0.39 is 11.8 Å². The number of hydrogen-bond donors (Lipinski definition) is 3. The zero-order valence-corrected chi connectivity index (χ0v) is 9.09. The van der Waals surface area contributed by atoms with E-state index in [2.05, 4.69) is 5.32 Å². The molecule has 0 atom stereocenters. The molecule has 0 heterocycles. The molecule has 0 saturated carbocycles. The first-order chi connectivity index (χ1) is 7.57. The molecule has 1 rings (SSSR count). The molecular weight excluding hydrogens is 211 g/mol. The molecule has 0 fully saturated rings. The van der Waals surface area contributed by atoms with E-state index in [1.54, 1.807) is 0 Å². The molecule has 0 aliphatic heterocycles. The number of nitrogen functional groups attached to an aromatic ring is 1. The highest BCUT2D eigenvalue weighted by molar-refractivity contribution is 6.00. The summed E-state index contributed by atoms with van der Waals surface area (Å²) in [5.74, 6) is -1.94. The lowest BCUT2D eigenvalue weighted by Gasteiger charge is -2.11. The molecule has 0 unspecified atom stereocenters. The number of carbonyl (C=O) groups is 1. The lowest BCUT2D eigenvalue weighted by atomic mass is 10.1. The van der Waals surface area contributed by atoms with E-state index >= 15 is 0 Å². The lowest BCUT2D eigenvalue weighted by molar-refractivity contribution is 0.0698. The van der Waals surface area contributed by atoms with Crippen molar-refractivity contribution in [2.45, 2.75) is 19.8 Å². The van der Waals surface area contributed by atoms with Gasteiger partial charge in [-0.25, -0.2) is 9.18 Å². The van der Waals surface area contributed by atoms with Crippen molar-refractivity contribution in [3.05, 3.63) is 23.5 Å². The number of anilines is 2. The van der Waals surface area contributed by atoms with Gasteiger partial charge in [0.15, 0.2) is 0 Å². The first kappa shape index (κ1) is 12.3. The van der Waals surface area contributed by atoms with Crippen LogP contribution in [0.25, 0.3) is 0 Å². The van der Waals surface area contributed by atoms with Crippen molar-refractivity contribution < 1.29 is 14.3 Å². The van der Waals surface area contributed by atoms with Gasteiger partial charge in [0.2, 0.25) is 0 Å². The zero-order valence-electron chi connectivity index (χ0n) is 9.09. The lowest BCUT2D eigenvalue weighted by Crippen LogP contribution is -2.11. The maximum Gasteiger partial charge on any atom is 0.340 e. The Morgan fingerprint density at radius 1 is 1.56 bits per heavy atom. The van der Waals surface area contributed by atoms with E-state index in [4.69, 9.17) is 10.8 Å². The molecule has 4 N–H and O–H groups in total. The van der Waals surface area contributed by atoms with Crippen LogP contribution in [0.15, 0.2) is 12.1 Å². The fraction of sp³-hybridized carbons (Fsp3) is 0.364. The van der Waals surface area contributed by atoms with Crippen LogP contribution in [0, 0.1) is 5.82 Å². The molecule has 0 saturated heterocycles. The first-order valence-electron chi connectivity index (χ1n) is 5.13. The number of aromatic carboxylic acids is 1. The minimum atomic E-state index is -1.23. The van der Waals surface area contributed by atoms with Gasteiger partial charge in [-0.1, -0.05) is 13.3 Å². The number of carboxylic acids is 1. The number of unbranched alkanes of at least 4 members (excludes halogenated alkanes) is 1. The van der Waals surface area contributed by atoms with Crippen LogP contribution in [0.4, 0.5) is 15.8 Å². The monoisotopic (exact) mass is 226 g/mol. The Bertz CT molecular complexity index is 394. The van der Waals surface area contributed by atoms with Crippen molar-refractivity contribution >= 4 is 17.3 Å². The summed E-state index contributed by atoms with van der Waals surface area (Å²) in [7, 11) is 0. The van der Waals surface area contributed by atoms with Gasteiger partial charge in [-0.05, 0) is 18.6 Å². The summed E-state index contributed by atoms with van der Waals surface area (Å²) in [6.07, 6.45) is 1.91. The topological polar surface area (TPSA) is 75.3 Å². The third-order valence-electron chi connectivity index (χ3n) is 2.25. The molecule has 0 bridgehead atoms. The fourth-order valence-electron chi connectivity index (χ4n) is 1.37. The smallest absolute Gasteiger partial charge is 0.340 e. The molecular formula is C11H15FN2O2. The van der Waals surface area contributed by atoms with Crippen LogP contribution in [-0.4, -0.2) is 17.6 Å². The SMILES string of the molecule is CCCCNc1ccc(F)c(N)c1C(=O)O. The second kappa shape index (κ2) is 5.34. The Balaban J connectivity index is 2.99. The highest BCUT2D eigenvalue weighted by Gasteiger charge is 2.16. The zero-order chi connectivity index (χ0) is 12.1. The molecule has 0 amide bonds. The fourth-order valence-corrected chi connectivity index (χ4v) is 1.37. The van der Waals surface area contributed by atoms with Crippen LogP contribution in [-0.2, 0) is 0 Å². The molecule has 1 aromatic rings. The maximum absolute atomic E-state index is 13.1. The van der Waals surface area contributed by atoms with Crippen LogP contribution in [0.5, 0.6) is 0 Å². The molecule has 0 aliphatic carbocycles. The number of benzene rings is 1. The van der Waals surface area contributed by atoms with Gasteiger partial charge in [-0.3, -0.25) is 0 Å². The predicted molar refractivity (Wildman–Crippen MR) is 61.2 cm³/mol. The molecule has 88 valence electrons. The van der Waals surface area contributed by atoms with Gasteiger partial charge in [0.1, 0.15) is 11.4 Å². The molecule has 0 spiro atoms. The van der Waals surface area contributed by atoms with Crippen LogP contribution in [0.2, 0.25) is 0 Å². The maximum atomic E-state index is 13.1. The molecule has 4 nitrogen and oxygen atoms in total. The Morgan fingerprint density at radius 2 is 2.25 bits per heavy atom. The minimum Gasteiger partial charge on any atom is -0.478 e. The summed E-state index contributed by atoms with van der Waals surface area (Å²) in [6, 6.07) is 2.56. The normalized spacial score (nSPS) is 10.1. The third-order valence-corrected chi connectivity index (χ3v) is 2.25.